The SMILES string of the molecule is C=CCS(=O)(=O)Nc1ccc(C(=O)O)cn1. The van der Waals surface area contributed by atoms with Crippen molar-refractivity contribution in [2.24, 2.45) is 0 Å². The molecule has 7 heteroatoms. The normalized spacial score (nSPS) is 10.8. The molecule has 0 aromatic carbocycles. The number of carboxylic acid groups (broad SMARTS) is 1. The molecule has 16 heavy (non-hydrogen) atoms. The van der Waals surface area contributed by atoms with Crippen molar-refractivity contribution in [2.45, 2.75) is 0 Å². The Morgan fingerprint density at radius 2 is 2.25 bits per heavy atom. The molecule has 0 unspecified atom stereocenters. The molecular formula is C9H10N2O4S. The minimum atomic E-state index is -3.50. The Bertz CT molecular complexity index is 493. The van der Waals surface area contributed by atoms with Crippen LogP contribution in [0.5, 0.6) is 0 Å². The molecule has 0 aliphatic rings. The van der Waals surface area contributed by atoms with Crippen LogP contribution in [0.4, 0.5) is 5.82 Å². The highest BCUT2D eigenvalue weighted by molar-refractivity contribution is 7.92. The van der Waals surface area contributed by atoms with Gasteiger partial charge in [0.2, 0.25) is 10.0 Å². The smallest absolute Gasteiger partial charge is 0.337 e. The second-order valence-corrected chi connectivity index (χ2v) is 4.68. The van der Waals surface area contributed by atoms with Crippen LogP contribution in [-0.4, -0.2) is 30.2 Å². The molecule has 0 aliphatic heterocycles. The Kier molecular flexibility index (Phi) is 3.62. The number of nitrogens with zero attached hydrogens (tertiary/aromatic N) is 1. The number of pyridine rings is 1. The minimum absolute atomic E-state index is 0.00771. The zero-order valence-corrected chi connectivity index (χ0v) is 9.07. The molecule has 0 aliphatic carbocycles. The number of carboxylic acids is 1. The van der Waals surface area contributed by atoms with E-state index in [4.69, 9.17) is 5.11 Å². The van der Waals surface area contributed by atoms with Gasteiger partial charge in [-0.3, -0.25) is 4.72 Å². The van der Waals surface area contributed by atoms with E-state index in [0.29, 0.717) is 0 Å². The lowest BCUT2D eigenvalue weighted by molar-refractivity contribution is 0.0696. The number of aromatic nitrogens is 1. The molecule has 6 nitrogen and oxygen atoms in total. The average Bonchev–Trinajstić information content (AvgIpc) is 2.17. The number of carbonyl (C=O) groups is 1. The largest absolute Gasteiger partial charge is 0.478 e. The fourth-order valence-electron chi connectivity index (χ4n) is 0.937. The Labute approximate surface area is 92.7 Å². The van der Waals surface area contributed by atoms with E-state index >= 15 is 0 Å². The molecule has 1 rings (SSSR count). The summed E-state index contributed by atoms with van der Waals surface area (Å²) >= 11 is 0. The Hall–Kier alpha value is -1.89. The predicted octanol–water partition coefficient (Wildman–Crippen LogP) is 0.708. The summed E-state index contributed by atoms with van der Waals surface area (Å²) in [6, 6.07) is 2.55. The average molecular weight is 242 g/mol. The van der Waals surface area contributed by atoms with Crippen molar-refractivity contribution in [2.75, 3.05) is 10.5 Å². The van der Waals surface area contributed by atoms with Crippen LogP contribution in [-0.2, 0) is 10.0 Å². The molecule has 2 N–H and O–H groups in total. The number of anilines is 1. The lowest BCUT2D eigenvalue weighted by Gasteiger charge is -2.04. The van der Waals surface area contributed by atoms with Gasteiger partial charge in [0.05, 0.1) is 11.3 Å². The van der Waals surface area contributed by atoms with Crippen LogP contribution in [0.1, 0.15) is 10.4 Å². The summed E-state index contributed by atoms with van der Waals surface area (Å²) in [6.45, 7) is 3.31. The van der Waals surface area contributed by atoms with Crippen molar-refractivity contribution >= 4 is 21.8 Å². The molecule has 1 heterocycles. The molecule has 0 bridgehead atoms. The van der Waals surface area contributed by atoms with Crippen molar-refractivity contribution in [3.63, 3.8) is 0 Å². The van der Waals surface area contributed by atoms with Gasteiger partial charge in [-0.1, -0.05) is 6.08 Å². The third kappa shape index (κ3) is 3.35. The van der Waals surface area contributed by atoms with Crippen LogP contribution >= 0.6 is 0 Å². The Morgan fingerprint density at radius 3 is 2.69 bits per heavy atom. The molecule has 0 saturated carbocycles. The minimum Gasteiger partial charge on any atom is -0.478 e. The Morgan fingerprint density at radius 1 is 1.56 bits per heavy atom. The topological polar surface area (TPSA) is 96.4 Å². The zero-order chi connectivity index (χ0) is 12.2. The summed E-state index contributed by atoms with van der Waals surface area (Å²) in [7, 11) is -3.50. The summed E-state index contributed by atoms with van der Waals surface area (Å²) in [4.78, 5) is 14.2. The van der Waals surface area contributed by atoms with Crippen molar-refractivity contribution in [1.29, 1.82) is 0 Å². The second-order valence-electron chi connectivity index (χ2n) is 2.91. The van der Waals surface area contributed by atoms with Crippen molar-refractivity contribution in [1.82, 2.24) is 4.98 Å². The van der Waals surface area contributed by atoms with E-state index in [-0.39, 0.29) is 17.1 Å². The molecule has 1 aromatic heterocycles. The highest BCUT2D eigenvalue weighted by atomic mass is 32.2. The first-order valence-electron chi connectivity index (χ1n) is 4.25. The molecule has 0 radical (unpaired) electrons. The van der Waals surface area contributed by atoms with Crippen LogP contribution < -0.4 is 4.72 Å². The van der Waals surface area contributed by atoms with Crippen molar-refractivity contribution in [3.05, 3.63) is 36.5 Å². The van der Waals surface area contributed by atoms with Gasteiger partial charge in [-0.25, -0.2) is 18.2 Å². The maximum absolute atomic E-state index is 11.3. The number of hydrogen-bond donors (Lipinski definition) is 2. The summed E-state index contributed by atoms with van der Waals surface area (Å²) in [5, 5.41) is 8.60. The standard InChI is InChI=1S/C9H10N2O4S/c1-2-5-16(14,15)11-8-4-3-7(6-10-8)9(12)13/h2-4,6H,1,5H2,(H,10,11)(H,12,13). The van der Waals surface area contributed by atoms with Crippen LogP contribution in [0.2, 0.25) is 0 Å². The van der Waals surface area contributed by atoms with Crippen molar-refractivity contribution in [3.8, 4) is 0 Å². The van der Waals surface area contributed by atoms with Gasteiger partial charge in [-0.2, -0.15) is 0 Å². The van der Waals surface area contributed by atoms with Gasteiger partial charge in [0.25, 0.3) is 0 Å². The molecular weight excluding hydrogens is 232 g/mol. The zero-order valence-electron chi connectivity index (χ0n) is 8.25. The Balaban J connectivity index is 2.84. The van der Waals surface area contributed by atoms with E-state index < -0.39 is 16.0 Å². The third-order valence-corrected chi connectivity index (χ3v) is 2.80. The maximum atomic E-state index is 11.3. The number of sulfonamides is 1. The van der Waals surface area contributed by atoms with Crippen molar-refractivity contribution < 1.29 is 18.3 Å². The molecule has 0 amide bonds. The first-order chi connectivity index (χ1) is 7.44. The number of rotatable bonds is 5. The van der Waals surface area contributed by atoms with Gasteiger partial charge >= 0.3 is 5.97 Å². The number of hydrogen-bond acceptors (Lipinski definition) is 4. The summed E-state index contributed by atoms with van der Waals surface area (Å²) in [5.74, 6) is -1.27. The molecule has 0 atom stereocenters. The fraction of sp³-hybridized carbons (Fsp3) is 0.111. The van der Waals surface area contributed by atoms with E-state index in [2.05, 4.69) is 16.3 Å². The molecule has 0 fully saturated rings. The molecule has 86 valence electrons. The van der Waals surface area contributed by atoms with Gasteiger partial charge in [-0.15, -0.1) is 6.58 Å². The van der Waals surface area contributed by atoms with Gasteiger partial charge < -0.3 is 5.11 Å². The van der Waals surface area contributed by atoms with Gasteiger partial charge in [-0.05, 0) is 12.1 Å². The first kappa shape index (κ1) is 12.2. The van der Waals surface area contributed by atoms with Gasteiger partial charge in [0.1, 0.15) is 5.82 Å². The highest BCUT2D eigenvalue weighted by Crippen LogP contribution is 2.07. The maximum Gasteiger partial charge on any atom is 0.337 e. The molecule has 0 spiro atoms. The van der Waals surface area contributed by atoms with E-state index in [1.807, 2.05) is 0 Å². The van der Waals surface area contributed by atoms with Gasteiger partial charge in [0.15, 0.2) is 0 Å². The molecule has 1 aromatic rings. The highest BCUT2D eigenvalue weighted by Gasteiger charge is 2.09. The van der Waals surface area contributed by atoms with Crippen LogP contribution in [0.25, 0.3) is 0 Å². The number of nitrogens with one attached hydrogen (secondary N) is 1. The van der Waals surface area contributed by atoms with Gasteiger partial charge in [0, 0.05) is 6.20 Å². The monoisotopic (exact) mass is 242 g/mol. The summed E-state index contributed by atoms with van der Waals surface area (Å²) < 4.78 is 24.7. The first-order valence-corrected chi connectivity index (χ1v) is 5.90. The summed E-state index contributed by atoms with van der Waals surface area (Å²) in [5.41, 5.74) is -0.00771. The quantitative estimate of drug-likeness (QED) is 0.741. The van der Waals surface area contributed by atoms with E-state index in [9.17, 15) is 13.2 Å². The second kappa shape index (κ2) is 4.75. The molecule has 0 saturated heterocycles. The van der Waals surface area contributed by atoms with Crippen LogP contribution in [0.15, 0.2) is 31.0 Å². The van der Waals surface area contributed by atoms with Crippen LogP contribution in [0, 0.1) is 0 Å². The predicted molar refractivity (Wildman–Crippen MR) is 58.8 cm³/mol. The van der Waals surface area contributed by atoms with E-state index in [1.165, 1.54) is 18.2 Å². The summed E-state index contributed by atoms with van der Waals surface area (Å²) in [6.07, 6.45) is 2.32. The fourth-order valence-corrected chi connectivity index (χ4v) is 1.77. The lowest BCUT2D eigenvalue weighted by atomic mass is 10.3. The number of aromatic carboxylic acids is 1. The van der Waals surface area contributed by atoms with Crippen LogP contribution in [0.3, 0.4) is 0 Å². The van der Waals surface area contributed by atoms with E-state index in [0.717, 1.165) is 6.20 Å². The van der Waals surface area contributed by atoms with E-state index in [1.54, 1.807) is 0 Å². The third-order valence-electron chi connectivity index (χ3n) is 1.61. The lowest BCUT2D eigenvalue weighted by Crippen LogP contribution is -2.16.